The summed E-state index contributed by atoms with van der Waals surface area (Å²) < 4.78 is 5.30. The lowest BCUT2D eigenvalue weighted by molar-refractivity contribution is -0.144. The summed E-state index contributed by atoms with van der Waals surface area (Å²) in [5.41, 5.74) is 0. The molecule has 17 heavy (non-hydrogen) atoms. The number of hydrogen-bond donors (Lipinski definition) is 2. The molecular formula is C11H19NO4S. The number of nitrogens with one attached hydrogen (secondary N) is 1. The Kier molecular flexibility index (Phi) is 5.77. The maximum atomic E-state index is 11.8. The molecule has 1 aliphatic heterocycles. The fourth-order valence-corrected chi connectivity index (χ4v) is 2.25. The number of aliphatic carboxylic acids is 1. The summed E-state index contributed by atoms with van der Waals surface area (Å²) in [5.74, 6) is -0.426. The van der Waals surface area contributed by atoms with Crippen molar-refractivity contribution >= 4 is 23.6 Å². The number of amides is 1. The van der Waals surface area contributed by atoms with Gasteiger partial charge in [0.1, 0.15) is 12.1 Å². The summed E-state index contributed by atoms with van der Waals surface area (Å²) in [6.07, 6.45) is 2.69. The maximum absolute atomic E-state index is 11.8. The van der Waals surface area contributed by atoms with Crippen LogP contribution in [0.3, 0.4) is 0 Å². The number of hydrogen-bond acceptors (Lipinski definition) is 4. The fourth-order valence-electron chi connectivity index (χ4n) is 1.78. The second kappa shape index (κ2) is 6.86. The van der Waals surface area contributed by atoms with Crippen LogP contribution in [0.2, 0.25) is 0 Å². The van der Waals surface area contributed by atoms with Crippen molar-refractivity contribution in [3.05, 3.63) is 0 Å². The van der Waals surface area contributed by atoms with Gasteiger partial charge in [0, 0.05) is 6.61 Å². The molecule has 3 atom stereocenters. The first kappa shape index (κ1) is 14.3. The van der Waals surface area contributed by atoms with E-state index in [2.05, 4.69) is 5.32 Å². The molecule has 1 fully saturated rings. The molecule has 6 heteroatoms. The van der Waals surface area contributed by atoms with Crippen molar-refractivity contribution in [1.29, 1.82) is 0 Å². The third-order valence-electron chi connectivity index (χ3n) is 2.87. The molecule has 0 aromatic rings. The lowest BCUT2D eigenvalue weighted by atomic mass is 10.0. The minimum atomic E-state index is -0.988. The molecule has 1 heterocycles. The van der Waals surface area contributed by atoms with Gasteiger partial charge >= 0.3 is 5.97 Å². The van der Waals surface area contributed by atoms with Gasteiger partial charge in [-0.1, -0.05) is 6.92 Å². The predicted octanol–water partition coefficient (Wildman–Crippen LogP) is 0.734. The van der Waals surface area contributed by atoms with Crippen LogP contribution in [-0.2, 0) is 14.3 Å². The Bertz CT molecular complexity index is 285. The zero-order valence-corrected chi connectivity index (χ0v) is 11.0. The van der Waals surface area contributed by atoms with Gasteiger partial charge in [-0.2, -0.15) is 11.8 Å². The van der Waals surface area contributed by atoms with Crippen LogP contribution in [0.25, 0.3) is 0 Å². The number of thioether (sulfide) groups is 1. The first-order valence-corrected chi connectivity index (χ1v) is 7.09. The van der Waals surface area contributed by atoms with Crippen LogP contribution in [0.5, 0.6) is 0 Å². The van der Waals surface area contributed by atoms with Crippen molar-refractivity contribution in [1.82, 2.24) is 5.32 Å². The Morgan fingerprint density at radius 2 is 2.29 bits per heavy atom. The van der Waals surface area contributed by atoms with Crippen molar-refractivity contribution in [2.45, 2.75) is 31.9 Å². The van der Waals surface area contributed by atoms with Gasteiger partial charge in [-0.25, -0.2) is 4.79 Å². The standard InChI is InChI=1S/C11H19NO4S/c1-7-3-5-16-9(7)10(13)12-8(11(14)15)4-6-17-2/h7-9H,3-6H2,1-2H3,(H,12,13)(H,14,15)/t7?,8-,9?/m1/s1. The molecule has 2 unspecified atom stereocenters. The molecule has 1 amide bonds. The summed E-state index contributed by atoms with van der Waals surface area (Å²) in [6.45, 7) is 2.51. The van der Waals surface area contributed by atoms with Crippen LogP contribution in [0.4, 0.5) is 0 Å². The second-order valence-electron chi connectivity index (χ2n) is 4.24. The third-order valence-corrected chi connectivity index (χ3v) is 3.52. The van der Waals surface area contributed by atoms with Crippen molar-refractivity contribution in [3.63, 3.8) is 0 Å². The van der Waals surface area contributed by atoms with Crippen LogP contribution in [0, 0.1) is 5.92 Å². The lowest BCUT2D eigenvalue weighted by Gasteiger charge is -2.18. The Labute approximate surface area is 105 Å². The molecule has 0 aromatic carbocycles. The summed E-state index contributed by atoms with van der Waals surface area (Å²) in [6, 6.07) is -0.814. The predicted molar refractivity (Wildman–Crippen MR) is 66.1 cm³/mol. The van der Waals surface area contributed by atoms with Crippen LogP contribution in [0.15, 0.2) is 0 Å². The topological polar surface area (TPSA) is 75.6 Å². The van der Waals surface area contributed by atoms with E-state index >= 15 is 0 Å². The van der Waals surface area contributed by atoms with Gasteiger partial charge in [0.05, 0.1) is 0 Å². The molecule has 2 N–H and O–H groups in total. The van der Waals surface area contributed by atoms with E-state index in [1.807, 2.05) is 13.2 Å². The van der Waals surface area contributed by atoms with E-state index in [9.17, 15) is 9.59 Å². The Morgan fingerprint density at radius 3 is 2.76 bits per heavy atom. The molecule has 0 spiro atoms. The minimum Gasteiger partial charge on any atom is -0.480 e. The van der Waals surface area contributed by atoms with E-state index in [-0.39, 0.29) is 11.8 Å². The van der Waals surface area contributed by atoms with Crippen LogP contribution in [-0.4, -0.2) is 47.7 Å². The summed E-state index contributed by atoms with van der Waals surface area (Å²) >= 11 is 1.56. The van der Waals surface area contributed by atoms with Gasteiger partial charge in [-0.3, -0.25) is 4.79 Å². The molecule has 1 aliphatic rings. The quantitative estimate of drug-likeness (QED) is 0.737. The fraction of sp³-hybridized carbons (Fsp3) is 0.818. The number of rotatable bonds is 6. The summed E-state index contributed by atoms with van der Waals surface area (Å²) in [7, 11) is 0. The van der Waals surface area contributed by atoms with Crippen LogP contribution >= 0.6 is 11.8 Å². The van der Waals surface area contributed by atoms with E-state index in [0.717, 1.165) is 6.42 Å². The highest BCUT2D eigenvalue weighted by atomic mass is 32.2. The van der Waals surface area contributed by atoms with Gasteiger partial charge in [-0.05, 0) is 30.8 Å². The number of carbonyl (C=O) groups excluding carboxylic acids is 1. The number of carboxylic acids is 1. The third kappa shape index (κ3) is 4.20. The van der Waals surface area contributed by atoms with Gasteiger partial charge in [-0.15, -0.1) is 0 Å². The first-order chi connectivity index (χ1) is 8.06. The zero-order valence-electron chi connectivity index (χ0n) is 10.1. The SMILES string of the molecule is CSCC[C@@H](NC(=O)C1OCCC1C)C(=O)O. The highest BCUT2D eigenvalue weighted by Gasteiger charge is 2.33. The van der Waals surface area contributed by atoms with Crippen LogP contribution in [0.1, 0.15) is 19.8 Å². The monoisotopic (exact) mass is 261 g/mol. The Hall–Kier alpha value is -0.750. The molecule has 0 bridgehead atoms. The van der Waals surface area contributed by atoms with Crippen molar-refractivity contribution in [2.75, 3.05) is 18.6 Å². The summed E-state index contributed by atoms with van der Waals surface area (Å²) in [4.78, 5) is 22.8. The summed E-state index contributed by atoms with van der Waals surface area (Å²) in [5, 5.41) is 11.5. The normalized spacial score (nSPS) is 25.5. The largest absolute Gasteiger partial charge is 0.480 e. The van der Waals surface area contributed by atoms with E-state index in [1.54, 1.807) is 11.8 Å². The highest BCUT2D eigenvalue weighted by molar-refractivity contribution is 7.98. The van der Waals surface area contributed by atoms with Gasteiger partial charge in [0.15, 0.2) is 0 Å². The van der Waals surface area contributed by atoms with Gasteiger partial charge in [0.2, 0.25) is 5.91 Å². The Balaban J connectivity index is 2.48. The molecule has 98 valence electrons. The smallest absolute Gasteiger partial charge is 0.326 e. The lowest BCUT2D eigenvalue weighted by Crippen LogP contribution is -2.47. The molecule has 0 radical (unpaired) electrons. The average molecular weight is 261 g/mol. The van der Waals surface area contributed by atoms with Crippen molar-refractivity contribution in [3.8, 4) is 0 Å². The van der Waals surface area contributed by atoms with Crippen molar-refractivity contribution < 1.29 is 19.4 Å². The molecule has 0 saturated carbocycles. The zero-order chi connectivity index (χ0) is 12.8. The van der Waals surface area contributed by atoms with E-state index in [0.29, 0.717) is 18.8 Å². The molecule has 1 saturated heterocycles. The first-order valence-electron chi connectivity index (χ1n) is 5.70. The molecule has 5 nitrogen and oxygen atoms in total. The van der Waals surface area contributed by atoms with Crippen molar-refractivity contribution in [2.24, 2.45) is 5.92 Å². The minimum absolute atomic E-state index is 0.157. The van der Waals surface area contributed by atoms with E-state index in [4.69, 9.17) is 9.84 Å². The van der Waals surface area contributed by atoms with E-state index < -0.39 is 18.1 Å². The number of carboxylic acid groups (broad SMARTS) is 1. The highest BCUT2D eigenvalue weighted by Crippen LogP contribution is 2.20. The van der Waals surface area contributed by atoms with Gasteiger partial charge < -0.3 is 15.2 Å². The molecule has 1 rings (SSSR count). The molecule has 0 aromatic heterocycles. The van der Waals surface area contributed by atoms with Gasteiger partial charge in [0.25, 0.3) is 0 Å². The maximum Gasteiger partial charge on any atom is 0.326 e. The van der Waals surface area contributed by atoms with E-state index in [1.165, 1.54) is 0 Å². The Morgan fingerprint density at radius 1 is 1.59 bits per heavy atom. The second-order valence-corrected chi connectivity index (χ2v) is 5.22. The molecular weight excluding hydrogens is 242 g/mol. The number of carbonyl (C=O) groups is 2. The van der Waals surface area contributed by atoms with Crippen LogP contribution < -0.4 is 5.32 Å². The average Bonchev–Trinajstić information content (AvgIpc) is 2.70. The molecule has 0 aliphatic carbocycles. The number of ether oxygens (including phenoxy) is 1.